The van der Waals surface area contributed by atoms with Gasteiger partial charge >= 0.3 is 0 Å². The van der Waals surface area contributed by atoms with Crippen LogP contribution in [-0.2, 0) is 0 Å². The molecule has 3 heteroatoms. The van der Waals surface area contributed by atoms with Gasteiger partial charge in [0.05, 0.1) is 0 Å². The molecule has 3 nitrogen and oxygen atoms in total. The van der Waals surface area contributed by atoms with E-state index < -0.39 is 0 Å². The molecule has 2 aliphatic rings. The molecule has 2 saturated carbocycles. The maximum Gasteiger partial charge on any atom is 0.203 e. The van der Waals surface area contributed by atoms with E-state index >= 15 is 0 Å². The van der Waals surface area contributed by atoms with Gasteiger partial charge in [-0.25, -0.2) is 4.98 Å². The molecule has 100 valence electrons. The summed E-state index contributed by atoms with van der Waals surface area (Å²) in [7, 11) is 0. The standard InChI is InChI=1S/C15H25N3/c1-12-6-5-9-14(12)17-15-16-10-11-18(15)13-7-3-2-4-8-13/h10-14H,2-9H2,1H3,(H,16,17). The zero-order chi connectivity index (χ0) is 12.4. The Balaban J connectivity index is 1.70. The Kier molecular flexibility index (Phi) is 3.57. The molecule has 18 heavy (non-hydrogen) atoms. The molecule has 0 bridgehead atoms. The van der Waals surface area contributed by atoms with E-state index in [1.165, 1.54) is 51.4 Å². The van der Waals surface area contributed by atoms with Crippen LogP contribution in [-0.4, -0.2) is 15.6 Å². The smallest absolute Gasteiger partial charge is 0.203 e. The Morgan fingerprint density at radius 3 is 2.67 bits per heavy atom. The van der Waals surface area contributed by atoms with Crippen LogP contribution in [0, 0.1) is 5.92 Å². The highest BCUT2D eigenvalue weighted by molar-refractivity contribution is 5.29. The van der Waals surface area contributed by atoms with E-state index in [0.29, 0.717) is 12.1 Å². The molecule has 1 aromatic heterocycles. The molecule has 0 spiro atoms. The van der Waals surface area contributed by atoms with Gasteiger partial charge in [0.25, 0.3) is 0 Å². The summed E-state index contributed by atoms with van der Waals surface area (Å²) in [5.74, 6) is 1.90. The lowest BCUT2D eigenvalue weighted by Crippen LogP contribution is -2.25. The van der Waals surface area contributed by atoms with Crippen molar-refractivity contribution in [2.24, 2.45) is 5.92 Å². The Labute approximate surface area is 110 Å². The zero-order valence-electron chi connectivity index (χ0n) is 11.4. The predicted octanol–water partition coefficient (Wildman–Crippen LogP) is 3.99. The summed E-state index contributed by atoms with van der Waals surface area (Å²) >= 11 is 0. The maximum atomic E-state index is 4.54. The lowest BCUT2D eigenvalue weighted by atomic mass is 9.95. The number of hydrogen-bond donors (Lipinski definition) is 1. The van der Waals surface area contributed by atoms with Gasteiger partial charge in [0, 0.05) is 24.5 Å². The molecular formula is C15H25N3. The molecule has 1 aromatic rings. The van der Waals surface area contributed by atoms with Crippen LogP contribution in [0.1, 0.15) is 64.3 Å². The second kappa shape index (κ2) is 5.33. The molecular weight excluding hydrogens is 222 g/mol. The summed E-state index contributed by atoms with van der Waals surface area (Å²) in [6.45, 7) is 2.36. The quantitative estimate of drug-likeness (QED) is 0.875. The monoisotopic (exact) mass is 247 g/mol. The van der Waals surface area contributed by atoms with E-state index in [9.17, 15) is 0 Å². The molecule has 0 radical (unpaired) electrons. The largest absolute Gasteiger partial charge is 0.353 e. The molecule has 3 rings (SSSR count). The van der Waals surface area contributed by atoms with Crippen molar-refractivity contribution in [1.82, 2.24) is 9.55 Å². The predicted molar refractivity (Wildman–Crippen MR) is 74.8 cm³/mol. The van der Waals surface area contributed by atoms with Gasteiger partial charge in [-0.3, -0.25) is 0 Å². The lowest BCUT2D eigenvalue weighted by Gasteiger charge is -2.26. The van der Waals surface area contributed by atoms with Gasteiger partial charge in [0.15, 0.2) is 0 Å². The van der Waals surface area contributed by atoms with Crippen LogP contribution in [0.2, 0.25) is 0 Å². The number of aromatic nitrogens is 2. The number of nitrogens with zero attached hydrogens (tertiary/aromatic N) is 2. The van der Waals surface area contributed by atoms with Crippen molar-refractivity contribution in [2.45, 2.75) is 70.4 Å². The molecule has 1 heterocycles. The van der Waals surface area contributed by atoms with Gasteiger partial charge in [0.2, 0.25) is 5.95 Å². The van der Waals surface area contributed by atoms with Crippen molar-refractivity contribution in [2.75, 3.05) is 5.32 Å². The van der Waals surface area contributed by atoms with E-state index in [2.05, 4.69) is 28.0 Å². The highest BCUT2D eigenvalue weighted by atomic mass is 15.2. The number of imidazole rings is 1. The molecule has 2 unspecified atom stereocenters. The Morgan fingerprint density at radius 2 is 1.94 bits per heavy atom. The van der Waals surface area contributed by atoms with Crippen LogP contribution in [0.15, 0.2) is 12.4 Å². The summed E-state index contributed by atoms with van der Waals surface area (Å²) in [6.07, 6.45) is 15.0. The summed E-state index contributed by atoms with van der Waals surface area (Å²) in [4.78, 5) is 4.54. The van der Waals surface area contributed by atoms with Gasteiger partial charge in [-0.1, -0.05) is 32.6 Å². The minimum atomic E-state index is 0.634. The average molecular weight is 247 g/mol. The van der Waals surface area contributed by atoms with Gasteiger partial charge in [-0.05, 0) is 31.6 Å². The van der Waals surface area contributed by atoms with Gasteiger partial charge in [-0.2, -0.15) is 0 Å². The van der Waals surface area contributed by atoms with Crippen molar-refractivity contribution in [1.29, 1.82) is 0 Å². The van der Waals surface area contributed by atoms with Gasteiger partial charge in [-0.15, -0.1) is 0 Å². The van der Waals surface area contributed by atoms with E-state index in [4.69, 9.17) is 0 Å². The Morgan fingerprint density at radius 1 is 1.11 bits per heavy atom. The second-order valence-electron chi connectivity index (χ2n) is 6.11. The third kappa shape index (κ3) is 2.40. The lowest BCUT2D eigenvalue weighted by molar-refractivity contribution is 0.354. The third-order valence-electron chi connectivity index (χ3n) is 4.81. The summed E-state index contributed by atoms with van der Waals surface area (Å²) < 4.78 is 2.39. The number of nitrogens with one attached hydrogen (secondary N) is 1. The fraction of sp³-hybridized carbons (Fsp3) is 0.800. The van der Waals surface area contributed by atoms with Crippen LogP contribution in [0.5, 0.6) is 0 Å². The number of rotatable bonds is 3. The summed E-state index contributed by atoms with van der Waals surface area (Å²) in [5, 5.41) is 3.69. The van der Waals surface area contributed by atoms with E-state index in [1.807, 2.05) is 6.20 Å². The molecule has 0 saturated heterocycles. The topological polar surface area (TPSA) is 29.9 Å². The van der Waals surface area contributed by atoms with Crippen LogP contribution in [0.25, 0.3) is 0 Å². The fourth-order valence-corrected chi connectivity index (χ4v) is 3.60. The first-order chi connectivity index (χ1) is 8.84. The highest BCUT2D eigenvalue weighted by Gasteiger charge is 2.25. The van der Waals surface area contributed by atoms with E-state index in [1.54, 1.807) is 0 Å². The Hall–Kier alpha value is -0.990. The summed E-state index contributed by atoms with van der Waals surface area (Å²) in [5.41, 5.74) is 0. The second-order valence-corrected chi connectivity index (χ2v) is 6.11. The highest BCUT2D eigenvalue weighted by Crippen LogP contribution is 2.32. The molecule has 2 atom stereocenters. The van der Waals surface area contributed by atoms with Crippen LogP contribution < -0.4 is 5.32 Å². The van der Waals surface area contributed by atoms with Crippen molar-refractivity contribution in [3.8, 4) is 0 Å². The number of hydrogen-bond acceptors (Lipinski definition) is 2. The first kappa shape index (κ1) is 12.1. The van der Waals surface area contributed by atoms with Crippen molar-refractivity contribution >= 4 is 5.95 Å². The maximum absolute atomic E-state index is 4.54. The SMILES string of the molecule is CC1CCCC1Nc1nccn1C1CCCCC1. The molecule has 0 aliphatic heterocycles. The molecule has 2 aliphatic carbocycles. The average Bonchev–Trinajstić information content (AvgIpc) is 3.01. The van der Waals surface area contributed by atoms with Gasteiger partial charge < -0.3 is 9.88 Å². The van der Waals surface area contributed by atoms with Crippen molar-refractivity contribution < 1.29 is 0 Å². The number of anilines is 1. The third-order valence-corrected chi connectivity index (χ3v) is 4.81. The fourth-order valence-electron chi connectivity index (χ4n) is 3.60. The minimum Gasteiger partial charge on any atom is -0.353 e. The normalized spacial score (nSPS) is 29.6. The van der Waals surface area contributed by atoms with Crippen LogP contribution >= 0.6 is 0 Å². The van der Waals surface area contributed by atoms with E-state index in [-0.39, 0.29) is 0 Å². The Bertz CT molecular complexity index is 379. The van der Waals surface area contributed by atoms with Crippen molar-refractivity contribution in [3.63, 3.8) is 0 Å². The molecule has 1 N–H and O–H groups in total. The molecule has 2 fully saturated rings. The first-order valence-electron chi connectivity index (χ1n) is 7.64. The van der Waals surface area contributed by atoms with Crippen LogP contribution in [0.3, 0.4) is 0 Å². The molecule has 0 amide bonds. The van der Waals surface area contributed by atoms with E-state index in [0.717, 1.165) is 11.9 Å². The zero-order valence-corrected chi connectivity index (χ0v) is 11.4. The minimum absolute atomic E-state index is 0.634. The van der Waals surface area contributed by atoms with Crippen LogP contribution in [0.4, 0.5) is 5.95 Å². The summed E-state index contributed by atoms with van der Waals surface area (Å²) in [6, 6.07) is 1.31. The van der Waals surface area contributed by atoms with Crippen molar-refractivity contribution in [3.05, 3.63) is 12.4 Å². The van der Waals surface area contributed by atoms with Gasteiger partial charge in [0.1, 0.15) is 0 Å². The molecule has 0 aromatic carbocycles. The first-order valence-corrected chi connectivity index (χ1v) is 7.64.